The molecule has 6 rings (SSSR count). The van der Waals surface area contributed by atoms with Crippen LogP contribution in [-0.4, -0.2) is 42.8 Å². The van der Waals surface area contributed by atoms with Gasteiger partial charge in [-0.25, -0.2) is 4.90 Å². The minimum atomic E-state index is -0.952. The molecule has 38 heavy (non-hydrogen) atoms. The third kappa shape index (κ3) is 3.61. The Hall–Kier alpha value is -3.81. The Kier molecular flexibility index (Phi) is 5.93. The second-order valence-electron chi connectivity index (χ2n) is 9.40. The molecule has 3 aromatic carbocycles. The van der Waals surface area contributed by atoms with Crippen LogP contribution in [0.5, 0.6) is 11.5 Å². The van der Waals surface area contributed by atoms with E-state index < -0.39 is 35.7 Å². The molecule has 0 saturated carbocycles. The van der Waals surface area contributed by atoms with Crippen LogP contribution in [0.4, 0.5) is 5.69 Å². The Labute approximate surface area is 229 Å². The smallest absolute Gasteiger partial charge is 0.240 e. The number of methoxy groups -OCH3 is 2. The number of nitrogens with zero attached hydrogens (tertiary/aromatic N) is 2. The van der Waals surface area contributed by atoms with Crippen LogP contribution in [0.25, 0.3) is 6.08 Å². The second kappa shape index (κ2) is 9.19. The molecule has 2 fully saturated rings. The van der Waals surface area contributed by atoms with E-state index in [9.17, 15) is 14.4 Å². The van der Waals surface area contributed by atoms with E-state index >= 15 is 0 Å². The number of ketones is 1. The summed E-state index contributed by atoms with van der Waals surface area (Å²) in [7, 11) is 2.99. The number of ether oxygens (including phenoxy) is 2. The van der Waals surface area contributed by atoms with E-state index in [1.165, 1.54) is 32.4 Å². The van der Waals surface area contributed by atoms with Crippen molar-refractivity contribution in [3.63, 3.8) is 0 Å². The minimum Gasteiger partial charge on any atom is -0.497 e. The summed E-state index contributed by atoms with van der Waals surface area (Å²) in [5, 5.41) is 0.595. The van der Waals surface area contributed by atoms with Gasteiger partial charge >= 0.3 is 0 Å². The van der Waals surface area contributed by atoms with Crippen molar-refractivity contribution in [3.05, 3.63) is 93.6 Å². The van der Waals surface area contributed by atoms with E-state index in [4.69, 9.17) is 32.7 Å². The largest absolute Gasteiger partial charge is 0.497 e. The van der Waals surface area contributed by atoms with Crippen molar-refractivity contribution in [2.45, 2.75) is 12.1 Å². The van der Waals surface area contributed by atoms with Gasteiger partial charge in [-0.2, -0.15) is 0 Å². The van der Waals surface area contributed by atoms with Crippen LogP contribution in [0.1, 0.15) is 27.5 Å². The number of amides is 2. The topological polar surface area (TPSA) is 76.1 Å². The number of carbonyl (C=O) groups is 3. The average Bonchev–Trinajstić information content (AvgIpc) is 3.39. The van der Waals surface area contributed by atoms with Gasteiger partial charge in [0.1, 0.15) is 17.5 Å². The van der Waals surface area contributed by atoms with Crippen LogP contribution in [0, 0.1) is 11.8 Å². The summed E-state index contributed by atoms with van der Waals surface area (Å²) >= 11 is 12.4. The molecular weight excluding hydrogens is 527 g/mol. The molecular formula is C29H22Cl2N2O5. The van der Waals surface area contributed by atoms with Crippen molar-refractivity contribution in [2.24, 2.45) is 11.8 Å². The first-order chi connectivity index (χ1) is 18.3. The Balaban J connectivity index is 1.52. The molecule has 0 aromatic heterocycles. The van der Waals surface area contributed by atoms with Crippen molar-refractivity contribution < 1.29 is 23.9 Å². The van der Waals surface area contributed by atoms with Gasteiger partial charge in [-0.1, -0.05) is 47.5 Å². The zero-order valence-corrected chi connectivity index (χ0v) is 21.9. The lowest BCUT2D eigenvalue weighted by molar-refractivity contribution is -0.123. The summed E-state index contributed by atoms with van der Waals surface area (Å²) in [6.45, 7) is 0. The molecule has 3 aliphatic heterocycles. The van der Waals surface area contributed by atoms with E-state index in [1.54, 1.807) is 18.2 Å². The number of fused-ring (bicyclic) bond motifs is 5. The first kappa shape index (κ1) is 24.5. The van der Waals surface area contributed by atoms with Crippen molar-refractivity contribution in [1.82, 2.24) is 4.90 Å². The fourth-order valence-corrected chi connectivity index (χ4v) is 6.46. The van der Waals surface area contributed by atoms with Gasteiger partial charge in [0.2, 0.25) is 11.8 Å². The molecule has 3 heterocycles. The molecule has 192 valence electrons. The maximum Gasteiger partial charge on any atom is 0.240 e. The number of imide groups is 1. The molecule has 3 aromatic rings. The van der Waals surface area contributed by atoms with Crippen molar-refractivity contribution in [1.29, 1.82) is 0 Å². The molecule has 0 N–H and O–H groups in total. The minimum absolute atomic E-state index is 0.271. The van der Waals surface area contributed by atoms with Gasteiger partial charge in [0.05, 0.1) is 43.3 Å². The highest BCUT2D eigenvalue weighted by molar-refractivity contribution is 6.36. The van der Waals surface area contributed by atoms with E-state index in [0.29, 0.717) is 21.5 Å². The van der Waals surface area contributed by atoms with Crippen molar-refractivity contribution in [2.75, 3.05) is 19.1 Å². The maximum absolute atomic E-state index is 14.3. The predicted molar refractivity (Wildman–Crippen MR) is 144 cm³/mol. The molecule has 2 amide bonds. The third-order valence-electron chi connectivity index (χ3n) is 7.51. The van der Waals surface area contributed by atoms with Crippen LogP contribution in [0.15, 0.2) is 66.9 Å². The SMILES string of the molecule is COc1ccc(OC)c(C(=O)[C@@H]2[C@@H]3C(=O)N(c4cc(Cl)cc(Cl)c4)C(=O)[C@H]3[C@H]3c4ccccc4C=CN23)c1. The predicted octanol–water partition coefficient (Wildman–Crippen LogP) is 5.41. The average molecular weight is 549 g/mol. The Bertz CT molecular complexity index is 1520. The van der Waals surface area contributed by atoms with Crippen LogP contribution < -0.4 is 14.4 Å². The standard InChI is InChI=1S/C29H22Cl2N2O5/c1-37-19-7-8-22(38-2)21(14-19)27(34)26-24-23(25-20-6-4-3-5-15(20)9-10-32(25)26)28(35)33(29(24)36)18-12-16(30)11-17(31)13-18/h3-14,23-26H,1-2H3/t23-,24-,25-,26+/m1/s1. The van der Waals surface area contributed by atoms with Crippen molar-refractivity contribution >= 4 is 52.6 Å². The monoisotopic (exact) mass is 548 g/mol. The van der Waals surface area contributed by atoms with Crippen LogP contribution >= 0.6 is 23.2 Å². The number of hydrogen-bond acceptors (Lipinski definition) is 6. The summed E-state index contributed by atoms with van der Waals surface area (Å²) in [4.78, 5) is 45.3. The number of benzene rings is 3. The van der Waals surface area contributed by atoms with E-state index in [1.807, 2.05) is 41.4 Å². The Morgan fingerprint density at radius 2 is 1.58 bits per heavy atom. The quantitative estimate of drug-likeness (QED) is 0.313. The molecule has 7 nitrogen and oxygen atoms in total. The molecule has 3 aliphatic rings. The van der Waals surface area contributed by atoms with Crippen molar-refractivity contribution in [3.8, 4) is 11.5 Å². The summed E-state index contributed by atoms with van der Waals surface area (Å²) < 4.78 is 10.8. The fraction of sp³-hybridized carbons (Fsp3) is 0.207. The first-order valence-corrected chi connectivity index (χ1v) is 12.7. The van der Waals surface area contributed by atoms with Gasteiger partial charge in [-0.3, -0.25) is 14.4 Å². The van der Waals surface area contributed by atoms with E-state index in [0.717, 1.165) is 16.0 Å². The fourth-order valence-electron chi connectivity index (χ4n) is 5.95. The van der Waals surface area contributed by atoms with Gasteiger partial charge in [0, 0.05) is 16.2 Å². The lowest BCUT2D eigenvalue weighted by Gasteiger charge is -2.35. The molecule has 0 radical (unpaired) electrons. The van der Waals surface area contributed by atoms with Gasteiger partial charge < -0.3 is 14.4 Å². The molecule has 9 heteroatoms. The third-order valence-corrected chi connectivity index (χ3v) is 7.94. The van der Waals surface area contributed by atoms with E-state index in [2.05, 4.69) is 0 Å². The molecule has 0 unspecified atom stereocenters. The number of Topliss-reactive ketones (excluding diaryl/α,β-unsaturated/α-hetero) is 1. The van der Waals surface area contributed by atoms with E-state index in [-0.39, 0.29) is 17.0 Å². The summed E-state index contributed by atoms with van der Waals surface area (Å²) in [6.07, 6.45) is 3.71. The number of hydrogen-bond donors (Lipinski definition) is 0. The molecule has 0 bridgehead atoms. The lowest BCUT2D eigenvalue weighted by atomic mass is 9.83. The van der Waals surface area contributed by atoms with Gasteiger partial charge in [-0.15, -0.1) is 0 Å². The number of rotatable bonds is 5. The summed E-state index contributed by atoms with van der Waals surface area (Å²) in [5.74, 6) is -2.11. The van der Waals surface area contributed by atoms with Crippen LogP contribution in [0.2, 0.25) is 10.0 Å². The number of anilines is 1. The number of halogens is 2. The van der Waals surface area contributed by atoms with Crippen LogP contribution in [0.3, 0.4) is 0 Å². The maximum atomic E-state index is 14.3. The highest BCUT2D eigenvalue weighted by Gasteiger charge is 2.64. The zero-order valence-electron chi connectivity index (χ0n) is 20.4. The van der Waals surface area contributed by atoms with Gasteiger partial charge in [-0.05, 0) is 53.6 Å². The lowest BCUT2D eigenvalue weighted by Crippen LogP contribution is -2.44. The second-order valence-corrected chi connectivity index (χ2v) is 10.3. The zero-order chi connectivity index (χ0) is 26.7. The normalized spacial score (nSPS) is 23.3. The summed E-state index contributed by atoms with van der Waals surface area (Å²) in [6, 6.07) is 15.8. The molecule has 0 aliphatic carbocycles. The molecule has 0 spiro atoms. The first-order valence-electron chi connectivity index (χ1n) is 12.0. The summed E-state index contributed by atoms with van der Waals surface area (Å²) in [5.41, 5.74) is 2.37. The Morgan fingerprint density at radius 1 is 0.868 bits per heavy atom. The number of carbonyl (C=O) groups excluding carboxylic acids is 3. The van der Waals surface area contributed by atoms with Crippen LogP contribution in [-0.2, 0) is 9.59 Å². The molecule has 4 atom stereocenters. The van der Waals surface area contributed by atoms with Gasteiger partial charge in [0.15, 0.2) is 5.78 Å². The Morgan fingerprint density at radius 3 is 2.29 bits per heavy atom. The highest BCUT2D eigenvalue weighted by Crippen LogP contribution is 2.54. The highest BCUT2D eigenvalue weighted by atomic mass is 35.5. The molecule has 2 saturated heterocycles. The van der Waals surface area contributed by atoms with Gasteiger partial charge in [0.25, 0.3) is 0 Å².